The molecule has 0 heterocycles. The Morgan fingerprint density at radius 2 is 1.55 bits per heavy atom. The molecule has 1 aromatic rings. The molecule has 0 fully saturated rings. The topological polar surface area (TPSA) is 197 Å². The molecule has 9 N–H and O–H groups in total. The van der Waals surface area contributed by atoms with E-state index in [-0.39, 0.29) is 24.5 Å². The van der Waals surface area contributed by atoms with Crippen molar-refractivity contribution in [2.75, 3.05) is 18.6 Å². The van der Waals surface area contributed by atoms with Crippen molar-refractivity contribution in [2.24, 2.45) is 17.4 Å². The van der Waals surface area contributed by atoms with Gasteiger partial charge in [0.15, 0.2) is 0 Å². The van der Waals surface area contributed by atoms with E-state index in [9.17, 15) is 29.4 Å². The minimum absolute atomic E-state index is 0.0591. The van der Waals surface area contributed by atoms with Gasteiger partial charge in [0.2, 0.25) is 17.7 Å². The maximum absolute atomic E-state index is 13.4. The monoisotopic (exact) mass is 553 g/mol. The van der Waals surface area contributed by atoms with Crippen molar-refractivity contribution >= 4 is 35.5 Å². The first-order chi connectivity index (χ1) is 18.0. The number of amides is 3. The van der Waals surface area contributed by atoms with Crippen LogP contribution in [0.2, 0.25) is 0 Å². The number of benzene rings is 1. The van der Waals surface area contributed by atoms with Crippen molar-refractivity contribution in [1.29, 1.82) is 0 Å². The summed E-state index contributed by atoms with van der Waals surface area (Å²) in [5, 5.41) is 27.1. The minimum Gasteiger partial charge on any atom is -0.508 e. The minimum atomic E-state index is -1.16. The quantitative estimate of drug-likeness (QED) is 0.128. The van der Waals surface area contributed by atoms with E-state index in [2.05, 4.69) is 16.0 Å². The average Bonchev–Trinajstić information content (AvgIpc) is 2.89. The number of carbonyl (C=O) groups excluding carboxylic acids is 3. The van der Waals surface area contributed by atoms with Crippen molar-refractivity contribution in [1.82, 2.24) is 16.0 Å². The third kappa shape index (κ3) is 11.7. The Hall–Kier alpha value is -2.83. The highest BCUT2D eigenvalue weighted by Crippen LogP contribution is 2.13. The van der Waals surface area contributed by atoms with Gasteiger partial charge in [0.25, 0.3) is 0 Å². The van der Waals surface area contributed by atoms with Crippen LogP contribution in [0.25, 0.3) is 0 Å². The number of thioether (sulfide) groups is 1. The Morgan fingerprint density at radius 1 is 0.947 bits per heavy atom. The number of nitrogens with one attached hydrogen (secondary N) is 3. The third-order valence-electron chi connectivity index (χ3n) is 6.34. The molecule has 5 unspecified atom stereocenters. The summed E-state index contributed by atoms with van der Waals surface area (Å²) in [6, 6.07) is 2.21. The Bertz CT molecular complexity index is 901. The second kappa shape index (κ2) is 17.6. The third-order valence-corrected chi connectivity index (χ3v) is 6.98. The molecule has 1 aromatic carbocycles. The van der Waals surface area contributed by atoms with E-state index in [1.54, 1.807) is 30.8 Å². The lowest BCUT2D eigenvalue weighted by Crippen LogP contribution is -2.58. The number of rotatable bonds is 18. The number of carboxylic acid groups (broad SMARTS) is 1. The van der Waals surface area contributed by atoms with Gasteiger partial charge in [-0.3, -0.25) is 14.4 Å². The standard InChI is InChI=1S/C26H43N5O6S/c1-4-16(2)22(26(36)37)31-24(34)20(7-5-6-13-27)29-25(35)21(15-17-8-10-18(32)11-9-17)30-23(33)19(28)12-14-38-3/h8-11,16,19-22,32H,4-7,12-15,27-28H2,1-3H3,(H,29,35)(H,30,33)(H,31,34)(H,36,37). The highest BCUT2D eigenvalue weighted by molar-refractivity contribution is 7.98. The zero-order valence-electron chi connectivity index (χ0n) is 22.4. The summed E-state index contributed by atoms with van der Waals surface area (Å²) in [5.74, 6) is -2.46. The first kappa shape index (κ1) is 33.2. The summed E-state index contributed by atoms with van der Waals surface area (Å²) in [6.07, 6.45) is 4.35. The van der Waals surface area contributed by atoms with E-state index in [4.69, 9.17) is 11.5 Å². The molecule has 3 amide bonds. The van der Waals surface area contributed by atoms with E-state index >= 15 is 0 Å². The van der Waals surface area contributed by atoms with Gasteiger partial charge in [-0.1, -0.05) is 32.4 Å². The molecule has 5 atom stereocenters. The van der Waals surface area contributed by atoms with Crippen molar-refractivity contribution in [3.63, 3.8) is 0 Å². The van der Waals surface area contributed by atoms with Crippen molar-refractivity contribution in [3.8, 4) is 5.75 Å². The van der Waals surface area contributed by atoms with Crippen LogP contribution in [0.5, 0.6) is 5.75 Å². The Kier molecular flexibility index (Phi) is 15.4. The van der Waals surface area contributed by atoms with E-state index in [0.717, 1.165) is 0 Å². The van der Waals surface area contributed by atoms with Crippen molar-refractivity contribution in [2.45, 2.75) is 76.5 Å². The lowest BCUT2D eigenvalue weighted by molar-refractivity contribution is -0.144. The maximum Gasteiger partial charge on any atom is 0.326 e. The highest BCUT2D eigenvalue weighted by Gasteiger charge is 2.31. The van der Waals surface area contributed by atoms with Crippen LogP contribution >= 0.6 is 11.8 Å². The number of phenols is 1. The predicted octanol–water partition coefficient (Wildman–Crippen LogP) is 0.729. The molecule has 1 rings (SSSR count). The average molecular weight is 554 g/mol. The molecule has 214 valence electrons. The molecule has 0 bridgehead atoms. The highest BCUT2D eigenvalue weighted by atomic mass is 32.2. The fourth-order valence-electron chi connectivity index (χ4n) is 3.70. The second-order valence-electron chi connectivity index (χ2n) is 9.38. The fourth-order valence-corrected chi connectivity index (χ4v) is 4.19. The number of carboxylic acids is 1. The van der Waals surface area contributed by atoms with Gasteiger partial charge in [0.05, 0.1) is 6.04 Å². The van der Waals surface area contributed by atoms with Crippen LogP contribution in [0.3, 0.4) is 0 Å². The van der Waals surface area contributed by atoms with Crippen LogP contribution in [0.4, 0.5) is 0 Å². The van der Waals surface area contributed by atoms with E-state index in [0.29, 0.717) is 43.5 Å². The molecule has 11 nitrogen and oxygen atoms in total. The first-order valence-electron chi connectivity index (χ1n) is 12.9. The summed E-state index contributed by atoms with van der Waals surface area (Å²) in [4.78, 5) is 51.0. The summed E-state index contributed by atoms with van der Waals surface area (Å²) in [5.41, 5.74) is 12.3. The van der Waals surface area contributed by atoms with E-state index in [1.807, 2.05) is 13.2 Å². The molecule has 0 saturated carbocycles. The molecule has 38 heavy (non-hydrogen) atoms. The molecular formula is C26H43N5O6S. The van der Waals surface area contributed by atoms with Crippen LogP contribution < -0.4 is 27.4 Å². The summed E-state index contributed by atoms with van der Waals surface area (Å²) in [7, 11) is 0. The van der Waals surface area contributed by atoms with Gasteiger partial charge in [0.1, 0.15) is 23.9 Å². The molecule has 0 radical (unpaired) electrons. The van der Waals surface area contributed by atoms with Crippen LogP contribution in [0.15, 0.2) is 24.3 Å². The number of aromatic hydroxyl groups is 1. The molecule has 0 aromatic heterocycles. The Morgan fingerprint density at radius 3 is 2.11 bits per heavy atom. The van der Waals surface area contributed by atoms with Crippen LogP contribution in [-0.4, -0.2) is 76.6 Å². The van der Waals surface area contributed by atoms with Gasteiger partial charge >= 0.3 is 5.97 Å². The lowest BCUT2D eigenvalue weighted by Gasteiger charge is -2.26. The number of unbranched alkanes of at least 4 members (excludes halogenated alkanes) is 1. The molecule has 0 aliphatic heterocycles. The largest absolute Gasteiger partial charge is 0.508 e. The van der Waals surface area contributed by atoms with E-state index < -0.39 is 47.9 Å². The number of hydrogen-bond donors (Lipinski definition) is 7. The van der Waals surface area contributed by atoms with Gasteiger partial charge in [-0.25, -0.2) is 4.79 Å². The number of nitrogens with two attached hydrogens (primary N) is 2. The number of hydrogen-bond acceptors (Lipinski definition) is 8. The molecule has 0 saturated heterocycles. The number of phenolic OH excluding ortho intramolecular Hbond substituents is 1. The Labute approximate surface area is 228 Å². The first-order valence-corrected chi connectivity index (χ1v) is 14.3. The number of aliphatic carboxylic acids is 1. The normalized spacial score (nSPS) is 15.0. The molecular weight excluding hydrogens is 510 g/mol. The van der Waals surface area contributed by atoms with Gasteiger partial charge in [-0.15, -0.1) is 0 Å². The second-order valence-corrected chi connectivity index (χ2v) is 10.4. The smallest absolute Gasteiger partial charge is 0.326 e. The zero-order valence-corrected chi connectivity index (χ0v) is 23.3. The summed E-state index contributed by atoms with van der Waals surface area (Å²) in [6.45, 7) is 3.96. The van der Waals surface area contributed by atoms with E-state index in [1.165, 1.54) is 12.1 Å². The van der Waals surface area contributed by atoms with Crippen molar-refractivity contribution < 1.29 is 29.4 Å². The molecule has 0 spiro atoms. The van der Waals surface area contributed by atoms with Crippen LogP contribution in [-0.2, 0) is 25.6 Å². The fraction of sp³-hybridized carbons (Fsp3) is 0.615. The molecule has 0 aliphatic carbocycles. The lowest BCUT2D eigenvalue weighted by atomic mass is 9.98. The zero-order chi connectivity index (χ0) is 28.7. The molecule has 0 aliphatic rings. The van der Waals surface area contributed by atoms with Gasteiger partial charge < -0.3 is 37.6 Å². The van der Waals surface area contributed by atoms with Gasteiger partial charge in [-0.2, -0.15) is 11.8 Å². The van der Waals surface area contributed by atoms with Crippen LogP contribution in [0, 0.1) is 5.92 Å². The van der Waals surface area contributed by atoms with Gasteiger partial charge in [0, 0.05) is 6.42 Å². The van der Waals surface area contributed by atoms with Crippen LogP contribution in [0.1, 0.15) is 51.5 Å². The summed E-state index contributed by atoms with van der Waals surface area (Å²) >= 11 is 1.55. The summed E-state index contributed by atoms with van der Waals surface area (Å²) < 4.78 is 0. The van der Waals surface area contributed by atoms with Crippen molar-refractivity contribution in [3.05, 3.63) is 29.8 Å². The van der Waals surface area contributed by atoms with Gasteiger partial charge in [-0.05, 0) is 67.9 Å². The predicted molar refractivity (Wildman–Crippen MR) is 149 cm³/mol. The maximum atomic E-state index is 13.4. The Balaban J connectivity index is 3.14. The SMILES string of the molecule is CCC(C)C(NC(=O)C(CCCCN)NC(=O)C(Cc1ccc(O)cc1)NC(=O)C(N)CCSC)C(=O)O. The molecule has 12 heteroatoms. The number of carbonyl (C=O) groups is 4.